The first-order valence-electron chi connectivity index (χ1n) is 8.85. The summed E-state index contributed by atoms with van der Waals surface area (Å²) in [6, 6.07) is 12.5. The van der Waals surface area contributed by atoms with E-state index in [0.717, 1.165) is 5.56 Å². The standard InChI is InChI=1S/C22H23ClN2O2/c1-14-8-9-18(23)17(12-14)20(26)24-19-7-5-6-16-15(19)10-11-25(21(16)27)13-22(2,3)4/h5-12H,13H2,1-4H3,(H,24,26). The number of amides is 1. The Balaban J connectivity index is 2.01. The third-order valence-corrected chi connectivity index (χ3v) is 4.61. The van der Waals surface area contributed by atoms with Gasteiger partial charge < -0.3 is 9.88 Å². The van der Waals surface area contributed by atoms with Crippen LogP contribution >= 0.6 is 11.6 Å². The highest BCUT2D eigenvalue weighted by Gasteiger charge is 2.16. The zero-order chi connectivity index (χ0) is 19.8. The highest BCUT2D eigenvalue weighted by Crippen LogP contribution is 2.24. The van der Waals surface area contributed by atoms with E-state index in [1.54, 1.807) is 41.1 Å². The molecular formula is C22H23ClN2O2. The predicted molar refractivity (Wildman–Crippen MR) is 112 cm³/mol. The maximum absolute atomic E-state index is 12.8. The first kappa shape index (κ1) is 19.2. The summed E-state index contributed by atoms with van der Waals surface area (Å²) in [5.74, 6) is -0.296. The smallest absolute Gasteiger partial charge is 0.258 e. The third-order valence-electron chi connectivity index (χ3n) is 4.28. The minimum atomic E-state index is -0.296. The van der Waals surface area contributed by atoms with E-state index in [1.165, 1.54) is 0 Å². The zero-order valence-corrected chi connectivity index (χ0v) is 16.7. The lowest BCUT2D eigenvalue weighted by atomic mass is 9.96. The molecule has 0 saturated heterocycles. The average Bonchev–Trinajstić information content (AvgIpc) is 2.59. The van der Waals surface area contributed by atoms with Crippen molar-refractivity contribution in [2.24, 2.45) is 5.41 Å². The van der Waals surface area contributed by atoms with Crippen LogP contribution in [0.15, 0.2) is 53.5 Å². The van der Waals surface area contributed by atoms with Gasteiger partial charge >= 0.3 is 0 Å². The minimum absolute atomic E-state index is 0.00868. The second kappa shape index (κ2) is 7.20. The van der Waals surface area contributed by atoms with Crippen LogP contribution in [-0.2, 0) is 6.54 Å². The molecule has 0 saturated carbocycles. The van der Waals surface area contributed by atoms with Gasteiger partial charge in [0.2, 0.25) is 0 Å². The van der Waals surface area contributed by atoms with Gasteiger partial charge in [0.15, 0.2) is 0 Å². The Morgan fingerprint density at radius 1 is 1.11 bits per heavy atom. The number of carbonyl (C=O) groups excluding carboxylic acids is 1. The molecule has 1 aromatic heterocycles. The number of carbonyl (C=O) groups is 1. The summed E-state index contributed by atoms with van der Waals surface area (Å²) in [4.78, 5) is 25.5. The Hall–Kier alpha value is -2.59. The number of rotatable bonds is 3. The van der Waals surface area contributed by atoms with Crippen molar-refractivity contribution in [1.82, 2.24) is 4.57 Å². The molecule has 3 rings (SSSR count). The summed E-state index contributed by atoms with van der Waals surface area (Å²) in [7, 11) is 0. The number of hydrogen-bond donors (Lipinski definition) is 1. The van der Waals surface area contributed by atoms with Crippen molar-refractivity contribution < 1.29 is 4.79 Å². The van der Waals surface area contributed by atoms with E-state index >= 15 is 0 Å². The number of hydrogen-bond acceptors (Lipinski definition) is 2. The fourth-order valence-corrected chi connectivity index (χ4v) is 3.27. The van der Waals surface area contributed by atoms with Crippen molar-refractivity contribution in [2.75, 3.05) is 5.32 Å². The number of aromatic nitrogens is 1. The highest BCUT2D eigenvalue weighted by atomic mass is 35.5. The largest absolute Gasteiger partial charge is 0.321 e. The van der Waals surface area contributed by atoms with Gasteiger partial charge in [0.1, 0.15) is 0 Å². The summed E-state index contributed by atoms with van der Waals surface area (Å²) in [5.41, 5.74) is 1.88. The Morgan fingerprint density at radius 3 is 2.56 bits per heavy atom. The molecule has 1 N–H and O–H groups in total. The number of aryl methyl sites for hydroxylation is 1. The topological polar surface area (TPSA) is 51.1 Å². The number of fused-ring (bicyclic) bond motifs is 1. The number of nitrogens with one attached hydrogen (secondary N) is 1. The molecule has 140 valence electrons. The van der Waals surface area contributed by atoms with E-state index in [9.17, 15) is 9.59 Å². The van der Waals surface area contributed by atoms with Crippen LogP contribution in [0, 0.1) is 12.3 Å². The van der Waals surface area contributed by atoms with E-state index in [-0.39, 0.29) is 16.9 Å². The molecule has 0 spiro atoms. The maximum atomic E-state index is 12.8. The Morgan fingerprint density at radius 2 is 1.85 bits per heavy atom. The molecule has 0 aliphatic carbocycles. The molecular weight excluding hydrogens is 360 g/mol. The number of nitrogens with zero attached hydrogens (tertiary/aromatic N) is 1. The summed E-state index contributed by atoms with van der Waals surface area (Å²) < 4.78 is 1.71. The number of benzene rings is 2. The second-order valence-corrected chi connectivity index (χ2v) is 8.42. The van der Waals surface area contributed by atoms with Gasteiger partial charge in [0.05, 0.1) is 10.6 Å². The van der Waals surface area contributed by atoms with Crippen molar-refractivity contribution in [3.05, 3.63) is 75.2 Å². The monoisotopic (exact) mass is 382 g/mol. The van der Waals surface area contributed by atoms with Crippen LogP contribution < -0.4 is 10.9 Å². The second-order valence-electron chi connectivity index (χ2n) is 8.01. The Labute approximate surface area is 163 Å². The minimum Gasteiger partial charge on any atom is -0.321 e. The lowest BCUT2D eigenvalue weighted by molar-refractivity contribution is 0.102. The lowest BCUT2D eigenvalue weighted by Gasteiger charge is -2.20. The molecule has 1 amide bonds. The van der Waals surface area contributed by atoms with Crippen LogP contribution in [0.3, 0.4) is 0 Å². The summed E-state index contributed by atoms with van der Waals surface area (Å²) in [6.45, 7) is 8.80. The van der Waals surface area contributed by atoms with Gasteiger partial charge in [-0.25, -0.2) is 0 Å². The molecule has 2 aromatic carbocycles. The first-order valence-corrected chi connectivity index (χ1v) is 9.23. The Bertz CT molecular complexity index is 1080. The van der Waals surface area contributed by atoms with Crippen molar-refractivity contribution in [3.8, 4) is 0 Å². The van der Waals surface area contributed by atoms with E-state index in [4.69, 9.17) is 11.6 Å². The number of halogens is 1. The van der Waals surface area contributed by atoms with Crippen LogP contribution in [0.25, 0.3) is 10.8 Å². The summed E-state index contributed by atoms with van der Waals surface area (Å²) >= 11 is 6.17. The summed E-state index contributed by atoms with van der Waals surface area (Å²) in [6.07, 6.45) is 1.78. The molecule has 3 aromatic rings. The zero-order valence-electron chi connectivity index (χ0n) is 16.0. The van der Waals surface area contributed by atoms with E-state index < -0.39 is 0 Å². The van der Waals surface area contributed by atoms with Gasteiger partial charge in [-0.2, -0.15) is 0 Å². The molecule has 0 atom stereocenters. The highest BCUT2D eigenvalue weighted by molar-refractivity contribution is 6.34. The number of pyridine rings is 1. The quantitative estimate of drug-likeness (QED) is 0.671. The molecule has 0 aliphatic rings. The molecule has 0 bridgehead atoms. The van der Waals surface area contributed by atoms with Gasteiger partial charge in [-0.15, -0.1) is 0 Å². The van der Waals surface area contributed by atoms with Gasteiger partial charge in [0.25, 0.3) is 11.5 Å². The number of anilines is 1. The van der Waals surface area contributed by atoms with E-state index in [1.807, 2.05) is 19.1 Å². The SMILES string of the molecule is Cc1ccc(Cl)c(C(=O)Nc2cccc3c(=O)n(CC(C)(C)C)ccc23)c1. The fourth-order valence-electron chi connectivity index (χ4n) is 3.07. The van der Waals surface area contributed by atoms with Gasteiger partial charge in [-0.05, 0) is 42.7 Å². The summed E-state index contributed by atoms with van der Waals surface area (Å²) in [5, 5.41) is 4.58. The molecule has 0 unspecified atom stereocenters. The van der Waals surface area contributed by atoms with Gasteiger partial charge in [-0.1, -0.05) is 50.1 Å². The Kier molecular flexibility index (Phi) is 5.11. The van der Waals surface area contributed by atoms with E-state index in [2.05, 4.69) is 26.1 Å². The molecule has 5 heteroatoms. The average molecular weight is 383 g/mol. The van der Waals surface area contributed by atoms with E-state index in [0.29, 0.717) is 33.6 Å². The normalized spacial score (nSPS) is 11.6. The van der Waals surface area contributed by atoms with Crippen LogP contribution in [-0.4, -0.2) is 10.5 Å². The molecule has 4 nitrogen and oxygen atoms in total. The first-order chi connectivity index (χ1) is 12.7. The van der Waals surface area contributed by atoms with Crippen LogP contribution in [0.5, 0.6) is 0 Å². The molecule has 0 aliphatic heterocycles. The van der Waals surface area contributed by atoms with Crippen molar-refractivity contribution in [1.29, 1.82) is 0 Å². The van der Waals surface area contributed by atoms with Crippen molar-refractivity contribution in [3.63, 3.8) is 0 Å². The van der Waals surface area contributed by atoms with Crippen molar-refractivity contribution in [2.45, 2.75) is 34.2 Å². The fraction of sp³-hybridized carbons (Fsp3) is 0.273. The van der Waals surface area contributed by atoms with Gasteiger partial charge in [-0.3, -0.25) is 9.59 Å². The lowest BCUT2D eigenvalue weighted by Crippen LogP contribution is -2.26. The van der Waals surface area contributed by atoms with Crippen molar-refractivity contribution >= 4 is 34.0 Å². The molecule has 0 fully saturated rings. The molecule has 27 heavy (non-hydrogen) atoms. The molecule has 0 radical (unpaired) electrons. The van der Waals surface area contributed by atoms with Crippen LogP contribution in [0.2, 0.25) is 5.02 Å². The van der Waals surface area contributed by atoms with Gasteiger partial charge in [0, 0.05) is 29.2 Å². The van der Waals surface area contributed by atoms with Crippen LogP contribution in [0.1, 0.15) is 36.7 Å². The van der Waals surface area contributed by atoms with Crippen LogP contribution in [0.4, 0.5) is 5.69 Å². The molecule has 1 heterocycles. The predicted octanol–water partition coefficient (Wildman–Crippen LogP) is 5.26. The maximum Gasteiger partial charge on any atom is 0.258 e. The third kappa shape index (κ3) is 4.22.